The van der Waals surface area contributed by atoms with E-state index in [-0.39, 0.29) is 12.0 Å². The van der Waals surface area contributed by atoms with E-state index in [2.05, 4.69) is 10.3 Å². The van der Waals surface area contributed by atoms with Crippen LogP contribution in [0.5, 0.6) is 0 Å². The lowest BCUT2D eigenvalue weighted by Crippen LogP contribution is -2.25. The second-order valence-corrected chi connectivity index (χ2v) is 4.18. The lowest BCUT2D eigenvalue weighted by Gasteiger charge is -2.15. The molecular weight excluding hydrogens is 204 g/mol. The van der Waals surface area contributed by atoms with Crippen molar-refractivity contribution in [2.24, 2.45) is 5.92 Å². The number of nitrogens with one attached hydrogen (secondary N) is 1. The number of rotatable bonds is 4. The van der Waals surface area contributed by atoms with Gasteiger partial charge in [-0.15, -0.1) is 0 Å². The molecule has 2 aromatic heterocycles. The zero-order valence-corrected chi connectivity index (χ0v) is 9.47. The van der Waals surface area contributed by atoms with Gasteiger partial charge in [-0.25, -0.2) is 4.98 Å². The fraction of sp³-hybridized carbons (Fsp3) is 0.417. The van der Waals surface area contributed by atoms with Gasteiger partial charge in [-0.05, 0) is 18.1 Å². The predicted molar refractivity (Wildman–Crippen MR) is 63.3 cm³/mol. The van der Waals surface area contributed by atoms with Crippen molar-refractivity contribution >= 4 is 16.8 Å². The van der Waals surface area contributed by atoms with E-state index in [0.717, 1.165) is 16.8 Å². The first-order valence-electron chi connectivity index (χ1n) is 5.42. The first kappa shape index (κ1) is 11.0. The Morgan fingerprint density at radius 1 is 1.44 bits per heavy atom. The Hall–Kier alpha value is -1.55. The van der Waals surface area contributed by atoms with Gasteiger partial charge in [-0.1, -0.05) is 13.8 Å². The largest absolute Gasteiger partial charge is 0.464 e. The summed E-state index contributed by atoms with van der Waals surface area (Å²) in [6.07, 6.45) is 2.95. The number of fused-ring (bicyclic) bond motifs is 1. The molecule has 4 heteroatoms. The van der Waals surface area contributed by atoms with E-state index in [4.69, 9.17) is 4.42 Å². The highest BCUT2D eigenvalue weighted by atomic mass is 16.3. The lowest BCUT2D eigenvalue weighted by atomic mass is 10.1. The summed E-state index contributed by atoms with van der Waals surface area (Å²) in [4.78, 5) is 4.23. The topological polar surface area (TPSA) is 58.3 Å². The summed E-state index contributed by atoms with van der Waals surface area (Å²) in [6.45, 7) is 4.46. The van der Waals surface area contributed by atoms with Crippen LogP contribution in [0.1, 0.15) is 13.8 Å². The molecule has 1 atom stereocenters. The molecule has 2 heterocycles. The molecule has 2 aromatic rings. The normalized spacial score (nSPS) is 13.2. The molecule has 1 unspecified atom stereocenters. The fourth-order valence-electron chi connectivity index (χ4n) is 1.47. The second kappa shape index (κ2) is 4.53. The molecular formula is C12H16N2O2. The van der Waals surface area contributed by atoms with E-state index in [0.29, 0.717) is 6.54 Å². The van der Waals surface area contributed by atoms with Gasteiger partial charge in [0.2, 0.25) is 0 Å². The second-order valence-electron chi connectivity index (χ2n) is 4.18. The Kier molecular flexibility index (Phi) is 3.10. The molecule has 0 saturated heterocycles. The fourth-order valence-corrected chi connectivity index (χ4v) is 1.47. The molecule has 16 heavy (non-hydrogen) atoms. The Bertz CT molecular complexity index is 465. The highest BCUT2D eigenvalue weighted by molar-refractivity contribution is 5.87. The van der Waals surface area contributed by atoms with E-state index >= 15 is 0 Å². The average Bonchev–Trinajstić information content (AvgIpc) is 2.73. The van der Waals surface area contributed by atoms with Crippen molar-refractivity contribution in [2.75, 3.05) is 11.9 Å². The van der Waals surface area contributed by atoms with Crippen LogP contribution < -0.4 is 5.32 Å². The quantitative estimate of drug-likeness (QED) is 0.829. The predicted octanol–water partition coefficient (Wildman–Crippen LogP) is 2.26. The molecule has 86 valence electrons. The molecule has 2 N–H and O–H groups in total. The maximum absolute atomic E-state index is 9.70. The van der Waals surface area contributed by atoms with E-state index in [1.165, 1.54) is 0 Å². The van der Waals surface area contributed by atoms with Crippen molar-refractivity contribution in [3.05, 3.63) is 24.6 Å². The van der Waals surface area contributed by atoms with E-state index in [9.17, 15) is 5.11 Å². The van der Waals surface area contributed by atoms with Gasteiger partial charge >= 0.3 is 0 Å². The van der Waals surface area contributed by atoms with Gasteiger partial charge in [0.25, 0.3) is 0 Å². The van der Waals surface area contributed by atoms with Gasteiger partial charge in [-0.2, -0.15) is 0 Å². The summed E-state index contributed by atoms with van der Waals surface area (Å²) in [5, 5.41) is 13.8. The summed E-state index contributed by atoms with van der Waals surface area (Å²) in [5.41, 5.74) is 0.802. The minimum Gasteiger partial charge on any atom is -0.464 e. The van der Waals surface area contributed by atoms with Crippen LogP contribution in [-0.2, 0) is 0 Å². The van der Waals surface area contributed by atoms with Gasteiger partial charge in [0.05, 0.1) is 17.8 Å². The van der Waals surface area contributed by atoms with E-state index in [1.54, 1.807) is 12.5 Å². The number of furan rings is 1. The van der Waals surface area contributed by atoms with Crippen LogP contribution in [0.25, 0.3) is 11.0 Å². The van der Waals surface area contributed by atoms with Crippen LogP contribution in [0.15, 0.2) is 29.0 Å². The smallest absolute Gasteiger partial charge is 0.139 e. The lowest BCUT2D eigenvalue weighted by molar-refractivity contribution is 0.138. The van der Waals surface area contributed by atoms with Gasteiger partial charge in [-0.3, -0.25) is 0 Å². The molecule has 2 rings (SSSR count). The SMILES string of the molecule is CC(C)C(O)CNc1nccc2occc12. The van der Waals surface area contributed by atoms with Crippen molar-refractivity contribution in [3.63, 3.8) is 0 Å². The molecule has 0 aliphatic heterocycles. The number of hydrogen-bond acceptors (Lipinski definition) is 4. The number of hydrogen-bond donors (Lipinski definition) is 2. The number of anilines is 1. The van der Waals surface area contributed by atoms with Gasteiger partial charge < -0.3 is 14.8 Å². The maximum Gasteiger partial charge on any atom is 0.139 e. The van der Waals surface area contributed by atoms with E-state index in [1.807, 2.05) is 26.0 Å². The van der Waals surface area contributed by atoms with Crippen molar-refractivity contribution in [1.29, 1.82) is 0 Å². The van der Waals surface area contributed by atoms with Crippen LogP contribution >= 0.6 is 0 Å². The standard InChI is InChI=1S/C12H16N2O2/c1-8(2)10(15)7-14-12-9-4-6-16-11(9)3-5-13-12/h3-6,8,10,15H,7H2,1-2H3,(H,13,14). The average molecular weight is 220 g/mol. The Morgan fingerprint density at radius 3 is 3.00 bits per heavy atom. The Balaban J connectivity index is 2.12. The summed E-state index contributed by atoms with van der Waals surface area (Å²) >= 11 is 0. The minimum absolute atomic E-state index is 0.232. The first-order chi connectivity index (χ1) is 7.68. The summed E-state index contributed by atoms with van der Waals surface area (Å²) in [6, 6.07) is 3.69. The third-order valence-corrected chi connectivity index (χ3v) is 2.63. The zero-order chi connectivity index (χ0) is 11.5. The molecule has 0 fully saturated rings. The van der Waals surface area contributed by atoms with Crippen molar-refractivity contribution in [1.82, 2.24) is 4.98 Å². The number of aromatic nitrogens is 1. The van der Waals surface area contributed by atoms with Gasteiger partial charge in [0, 0.05) is 12.7 Å². The van der Waals surface area contributed by atoms with Crippen molar-refractivity contribution in [2.45, 2.75) is 20.0 Å². The van der Waals surface area contributed by atoms with Gasteiger partial charge in [0.1, 0.15) is 11.4 Å². The number of pyridine rings is 1. The molecule has 4 nitrogen and oxygen atoms in total. The monoisotopic (exact) mass is 220 g/mol. The van der Waals surface area contributed by atoms with E-state index < -0.39 is 0 Å². The first-order valence-corrected chi connectivity index (χ1v) is 5.42. The summed E-state index contributed by atoms with van der Waals surface area (Å²) in [5.74, 6) is 0.988. The zero-order valence-electron chi connectivity index (χ0n) is 9.47. The van der Waals surface area contributed by atoms with Crippen molar-refractivity contribution in [3.8, 4) is 0 Å². The summed E-state index contributed by atoms with van der Waals surface area (Å²) in [7, 11) is 0. The molecule has 0 amide bonds. The van der Waals surface area contributed by atoms with Crippen molar-refractivity contribution < 1.29 is 9.52 Å². The molecule has 0 bridgehead atoms. The number of nitrogens with zero attached hydrogens (tertiary/aromatic N) is 1. The molecule has 0 aromatic carbocycles. The highest BCUT2D eigenvalue weighted by Gasteiger charge is 2.10. The van der Waals surface area contributed by atoms with Crippen LogP contribution in [0, 0.1) is 5.92 Å². The Labute approximate surface area is 94.3 Å². The molecule has 0 aliphatic carbocycles. The van der Waals surface area contributed by atoms with Crippen LogP contribution in [0.2, 0.25) is 0 Å². The number of aliphatic hydroxyl groups excluding tert-OH is 1. The molecule has 0 saturated carbocycles. The van der Waals surface area contributed by atoms with Crippen LogP contribution in [0.3, 0.4) is 0 Å². The molecule has 0 spiro atoms. The van der Waals surface area contributed by atoms with Crippen LogP contribution in [0.4, 0.5) is 5.82 Å². The molecule has 0 aliphatic rings. The molecule has 0 radical (unpaired) electrons. The van der Waals surface area contributed by atoms with Crippen LogP contribution in [-0.4, -0.2) is 22.7 Å². The third-order valence-electron chi connectivity index (χ3n) is 2.63. The summed E-state index contributed by atoms with van der Waals surface area (Å²) < 4.78 is 5.27. The minimum atomic E-state index is -0.371. The number of aliphatic hydroxyl groups is 1. The third kappa shape index (κ3) is 2.17. The highest BCUT2D eigenvalue weighted by Crippen LogP contribution is 2.21. The van der Waals surface area contributed by atoms with Gasteiger partial charge in [0.15, 0.2) is 0 Å². The maximum atomic E-state index is 9.70. The Morgan fingerprint density at radius 2 is 2.25 bits per heavy atom.